The molecule has 2 aromatic heterocycles. The van der Waals surface area contributed by atoms with Gasteiger partial charge in [-0.05, 0) is 42.3 Å². The third-order valence-corrected chi connectivity index (χ3v) is 6.14. The predicted molar refractivity (Wildman–Crippen MR) is 107 cm³/mol. The van der Waals surface area contributed by atoms with E-state index >= 15 is 0 Å². The van der Waals surface area contributed by atoms with Crippen molar-refractivity contribution in [3.05, 3.63) is 24.0 Å². The first-order chi connectivity index (χ1) is 14.1. The Labute approximate surface area is 171 Å². The normalized spacial score (nSPS) is 19.7. The van der Waals surface area contributed by atoms with Crippen LogP contribution in [0.3, 0.4) is 0 Å². The molecule has 2 aromatic rings. The number of aryl methyl sites for hydroxylation is 1. The number of rotatable bonds is 6. The fourth-order valence-corrected chi connectivity index (χ4v) is 4.01. The highest BCUT2D eigenvalue weighted by Gasteiger charge is 2.24. The van der Waals surface area contributed by atoms with Gasteiger partial charge >= 0.3 is 0 Å². The van der Waals surface area contributed by atoms with Gasteiger partial charge in [-0.15, -0.1) is 5.10 Å². The standard InChI is InChI=1S/C19H31N9O/c1-16-3-6-25(7-4-16)14-18-21-22-23-28(18)15-19(29)27-11-9-26(10-12-27)13-17-20-5-8-24(17)2/h5,8,16H,3-4,6-7,9-15H2,1-2H3. The van der Waals surface area contributed by atoms with E-state index in [1.807, 2.05) is 28.9 Å². The molecule has 2 saturated heterocycles. The monoisotopic (exact) mass is 401 g/mol. The van der Waals surface area contributed by atoms with Crippen LogP contribution in [0.2, 0.25) is 0 Å². The summed E-state index contributed by atoms with van der Waals surface area (Å²) in [6.07, 6.45) is 6.21. The average molecular weight is 402 g/mol. The fourth-order valence-electron chi connectivity index (χ4n) is 4.01. The zero-order valence-corrected chi connectivity index (χ0v) is 17.4. The second-order valence-electron chi connectivity index (χ2n) is 8.32. The Balaban J connectivity index is 1.26. The number of piperidine rings is 1. The van der Waals surface area contributed by atoms with Gasteiger partial charge < -0.3 is 9.47 Å². The molecule has 0 radical (unpaired) electrons. The summed E-state index contributed by atoms with van der Waals surface area (Å²) in [5.74, 6) is 2.71. The Morgan fingerprint density at radius 2 is 1.72 bits per heavy atom. The largest absolute Gasteiger partial charge is 0.339 e. The van der Waals surface area contributed by atoms with Crippen LogP contribution in [0.25, 0.3) is 0 Å². The van der Waals surface area contributed by atoms with Crippen molar-refractivity contribution in [1.29, 1.82) is 0 Å². The number of carbonyl (C=O) groups is 1. The van der Waals surface area contributed by atoms with E-state index < -0.39 is 0 Å². The van der Waals surface area contributed by atoms with Crippen LogP contribution in [-0.4, -0.2) is 89.6 Å². The van der Waals surface area contributed by atoms with E-state index in [4.69, 9.17) is 0 Å². The Kier molecular flexibility index (Phi) is 6.19. The summed E-state index contributed by atoms with van der Waals surface area (Å²) in [4.78, 5) is 23.8. The summed E-state index contributed by atoms with van der Waals surface area (Å²) >= 11 is 0. The van der Waals surface area contributed by atoms with Crippen LogP contribution in [0.5, 0.6) is 0 Å². The van der Waals surface area contributed by atoms with Crippen LogP contribution in [0, 0.1) is 5.92 Å². The molecule has 0 unspecified atom stereocenters. The molecule has 0 atom stereocenters. The molecule has 2 aliphatic rings. The van der Waals surface area contributed by atoms with Crippen LogP contribution in [0.15, 0.2) is 12.4 Å². The van der Waals surface area contributed by atoms with E-state index in [-0.39, 0.29) is 12.5 Å². The third kappa shape index (κ3) is 4.99. The summed E-state index contributed by atoms with van der Waals surface area (Å²) in [6, 6.07) is 0. The van der Waals surface area contributed by atoms with E-state index in [1.165, 1.54) is 12.8 Å². The molecule has 2 fully saturated rings. The van der Waals surface area contributed by atoms with Gasteiger partial charge in [0.15, 0.2) is 5.82 Å². The first-order valence-corrected chi connectivity index (χ1v) is 10.5. The van der Waals surface area contributed by atoms with Gasteiger partial charge in [0.25, 0.3) is 0 Å². The molecule has 0 aliphatic carbocycles. The van der Waals surface area contributed by atoms with Crippen LogP contribution in [-0.2, 0) is 31.5 Å². The van der Waals surface area contributed by atoms with Gasteiger partial charge in [-0.1, -0.05) is 6.92 Å². The molecule has 10 heteroatoms. The Morgan fingerprint density at radius 1 is 1.03 bits per heavy atom. The Hall–Kier alpha value is -2.33. The molecule has 4 rings (SSSR count). The van der Waals surface area contributed by atoms with E-state index in [2.05, 4.69) is 37.2 Å². The smallest absolute Gasteiger partial charge is 0.244 e. The minimum Gasteiger partial charge on any atom is -0.339 e. The lowest BCUT2D eigenvalue weighted by Gasteiger charge is -2.34. The second-order valence-corrected chi connectivity index (χ2v) is 8.32. The third-order valence-electron chi connectivity index (χ3n) is 6.14. The van der Waals surface area contributed by atoms with Crippen molar-refractivity contribution < 1.29 is 4.79 Å². The SMILES string of the molecule is CC1CCN(Cc2nnnn2CC(=O)N2CCN(Cc3nccn3C)CC2)CC1. The first-order valence-electron chi connectivity index (χ1n) is 10.5. The molecule has 0 saturated carbocycles. The predicted octanol–water partition coefficient (Wildman–Crippen LogP) is -0.0171. The molecule has 0 N–H and O–H groups in total. The number of amides is 1. The van der Waals surface area contributed by atoms with E-state index in [1.54, 1.807) is 4.68 Å². The Bertz CT molecular complexity index is 800. The minimum absolute atomic E-state index is 0.0856. The molecule has 10 nitrogen and oxygen atoms in total. The molecular formula is C19H31N9O. The van der Waals surface area contributed by atoms with Crippen LogP contribution in [0.4, 0.5) is 0 Å². The van der Waals surface area contributed by atoms with E-state index in [9.17, 15) is 4.79 Å². The van der Waals surface area contributed by atoms with E-state index in [0.717, 1.165) is 63.4 Å². The number of likely N-dealkylation sites (tertiary alicyclic amines) is 1. The number of imidazole rings is 1. The maximum absolute atomic E-state index is 12.8. The molecule has 0 bridgehead atoms. The summed E-state index contributed by atoms with van der Waals surface area (Å²) in [6.45, 7) is 9.35. The van der Waals surface area contributed by atoms with E-state index in [0.29, 0.717) is 6.54 Å². The quantitative estimate of drug-likeness (QED) is 0.672. The Morgan fingerprint density at radius 3 is 2.41 bits per heavy atom. The molecule has 2 aliphatic heterocycles. The van der Waals surface area contributed by atoms with Crippen LogP contribution < -0.4 is 0 Å². The van der Waals surface area contributed by atoms with Gasteiger partial charge in [0.1, 0.15) is 12.4 Å². The number of nitrogens with zero attached hydrogens (tertiary/aromatic N) is 9. The molecular weight excluding hydrogens is 370 g/mol. The highest BCUT2D eigenvalue weighted by atomic mass is 16.2. The van der Waals surface area contributed by atoms with Gasteiger partial charge in [0, 0.05) is 45.6 Å². The number of piperazine rings is 1. The zero-order valence-electron chi connectivity index (χ0n) is 17.4. The molecule has 158 valence electrons. The molecule has 0 spiro atoms. The fraction of sp³-hybridized carbons (Fsp3) is 0.737. The first kappa shape index (κ1) is 20.0. The van der Waals surface area contributed by atoms with Gasteiger partial charge in [-0.2, -0.15) is 0 Å². The minimum atomic E-state index is 0.0856. The molecule has 29 heavy (non-hydrogen) atoms. The summed E-state index contributed by atoms with van der Waals surface area (Å²) in [5.41, 5.74) is 0. The molecule has 1 amide bonds. The number of hydrogen-bond acceptors (Lipinski definition) is 7. The van der Waals surface area contributed by atoms with Gasteiger partial charge in [-0.3, -0.25) is 14.6 Å². The van der Waals surface area contributed by atoms with Crippen LogP contribution >= 0.6 is 0 Å². The van der Waals surface area contributed by atoms with Crippen molar-refractivity contribution >= 4 is 5.91 Å². The lowest BCUT2D eigenvalue weighted by Crippen LogP contribution is -2.49. The van der Waals surface area contributed by atoms with Crippen LogP contribution in [0.1, 0.15) is 31.4 Å². The number of aromatic nitrogens is 6. The number of tetrazole rings is 1. The van der Waals surface area contributed by atoms with Crippen molar-refractivity contribution in [2.45, 2.75) is 39.4 Å². The van der Waals surface area contributed by atoms with Crippen molar-refractivity contribution in [2.75, 3.05) is 39.3 Å². The van der Waals surface area contributed by atoms with Crippen molar-refractivity contribution in [1.82, 2.24) is 44.5 Å². The maximum Gasteiger partial charge on any atom is 0.244 e. The average Bonchev–Trinajstić information content (AvgIpc) is 3.33. The van der Waals surface area contributed by atoms with Crippen molar-refractivity contribution in [2.24, 2.45) is 13.0 Å². The maximum atomic E-state index is 12.8. The van der Waals surface area contributed by atoms with Gasteiger partial charge in [0.05, 0.1) is 13.1 Å². The second kappa shape index (κ2) is 9.00. The lowest BCUT2D eigenvalue weighted by molar-refractivity contribution is -0.134. The molecule has 0 aromatic carbocycles. The number of hydrogen-bond donors (Lipinski definition) is 0. The van der Waals surface area contributed by atoms with Gasteiger partial charge in [-0.25, -0.2) is 9.67 Å². The topological polar surface area (TPSA) is 88.2 Å². The summed E-state index contributed by atoms with van der Waals surface area (Å²) < 4.78 is 3.71. The highest BCUT2D eigenvalue weighted by Crippen LogP contribution is 2.17. The number of carbonyl (C=O) groups excluding carboxylic acids is 1. The lowest BCUT2D eigenvalue weighted by atomic mass is 9.99. The highest BCUT2D eigenvalue weighted by molar-refractivity contribution is 5.76. The van der Waals surface area contributed by atoms with Crippen molar-refractivity contribution in [3.8, 4) is 0 Å². The van der Waals surface area contributed by atoms with Gasteiger partial charge in [0.2, 0.25) is 5.91 Å². The summed E-state index contributed by atoms with van der Waals surface area (Å²) in [7, 11) is 2.01. The summed E-state index contributed by atoms with van der Waals surface area (Å²) in [5, 5.41) is 12.0. The molecule has 4 heterocycles. The zero-order chi connectivity index (χ0) is 20.2. The van der Waals surface area contributed by atoms with Crippen molar-refractivity contribution in [3.63, 3.8) is 0 Å².